The predicted molar refractivity (Wildman–Crippen MR) is 81.6 cm³/mol. The Balaban J connectivity index is 1.99. The van der Waals surface area contributed by atoms with Gasteiger partial charge in [0.25, 0.3) is 0 Å². The average Bonchev–Trinajstić information content (AvgIpc) is 3.03. The number of hydrogen-bond donors (Lipinski definition) is 2. The Morgan fingerprint density at radius 1 is 1.33 bits per heavy atom. The first kappa shape index (κ1) is 16.2. The van der Waals surface area contributed by atoms with Gasteiger partial charge in [0.05, 0.1) is 17.1 Å². The lowest BCUT2D eigenvalue weighted by molar-refractivity contribution is 0.390. The molecule has 2 rings (SSSR count). The van der Waals surface area contributed by atoms with E-state index in [4.69, 9.17) is 4.52 Å². The second-order valence-corrected chi connectivity index (χ2v) is 7.80. The van der Waals surface area contributed by atoms with Crippen molar-refractivity contribution >= 4 is 21.4 Å². The number of sulfonamides is 1. The molecule has 0 unspecified atom stereocenters. The van der Waals surface area contributed by atoms with Crippen molar-refractivity contribution in [1.82, 2.24) is 15.2 Å². The summed E-state index contributed by atoms with van der Waals surface area (Å²) in [5.74, 6) is 0.654. The second kappa shape index (κ2) is 6.69. The van der Waals surface area contributed by atoms with Gasteiger partial charge in [-0.05, 0) is 13.0 Å². The van der Waals surface area contributed by atoms with Crippen LogP contribution in [0.2, 0.25) is 0 Å². The molecule has 0 bridgehead atoms. The number of nitrogens with one attached hydrogen (secondary N) is 2. The molecule has 0 amide bonds. The summed E-state index contributed by atoms with van der Waals surface area (Å²) < 4.78 is 31.8. The molecular formula is C13H19N3O3S2. The van der Waals surface area contributed by atoms with Gasteiger partial charge in [0.1, 0.15) is 5.76 Å². The first-order chi connectivity index (χ1) is 9.87. The number of thiophene rings is 1. The van der Waals surface area contributed by atoms with E-state index in [0.29, 0.717) is 24.0 Å². The fraction of sp³-hybridized carbons (Fsp3) is 0.462. The Hall–Kier alpha value is -1.22. The lowest BCUT2D eigenvalue weighted by atomic mass is 10.4. The third-order valence-electron chi connectivity index (χ3n) is 2.74. The van der Waals surface area contributed by atoms with Crippen LogP contribution < -0.4 is 10.0 Å². The highest BCUT2D eigenvalue weighted by molar-refractivity contribution is 7.89. The zero-order chi connectivity index (χ0) is 15.5. The Morgan fingerprint density at radius 3 is 2.71 bits per heavy atom. The van der Waals surface area contributed by atoms with Crippen LogP contribution in [0.3, 0.4) is 0 Å². The van der Waals surface area contributed by atoms with Crippen LogP contribution in [-0.4, -0.2) is 19.6 Å². The summed E-state index contributed by atoms with van der Waals surface area (Å²) in [6.07, 6.45) is 0. The number of nitrogens with zero attached hydrogens (tertiary/aromatic N) is 1. The van der Waals surface area contributed by atoms with E-state index in [9.17, 15) is 8.42 Å². The molecule has 21 heavy (non-hydrogen) atoms. The Bertz CT molecular complexity index is 689. The van der Waals surface area contributed by atoms with Crippen LogP contribution >= 0.6 is 11.3 Å². The topological polar surface area (TPSA) is 84.2 Å². The van der Waals surface area contributed by atoms with Gasteiger partial charge in [-0.2, -0.15) is 0 Å². The van der Waals surface area contributed by atoms with Crippen LogP contribution in [0.5, 0.6) is 0 Å². The van der Waals surface area contributed by atoms with E-state index in [2.05, 4.69) is 15.2 Å². The van der Waals surface area contributed by atoms with Gasteiger partial charge in [0.15, 0.2) is 0 Å². The van der Waals surface area contributed by atoms with Crippen molar-refractivity contribution in [3.05, 3.63) is 33.8 Å². The molecule has 2 aromatic heterocycles. The quantitative estimate of drug-likeness (QED) is 0.812. The molecule has 0 aliphatic carbocycles. The van der Waals surface area contributed by atoms with Crippen molar-refractivity contribution in [3.8, 4) is 0 Å². The molecule has 0 atom stereocenters. The Kier molecular flexibility index (Phi) is 5.15. The van der Waals surface area contributed by atoms with Gasteiger partial charge in [-0.3, -0.25) is 0 Å². The zero-order valence-corrected chi connectivity index (χ0v) is 13.8. The van der Waals surface area contributed by atoms with Gasteiger partial charge in [-0.25, -0.2) is 13.1 Å². The van der Waals surface area contributed by atoms with E-state index >= 15 is 0 Å². The summed E-state index contributed by atoms with van der Waals surface area (Å²) in [5, 5.41) is 8.66. The molecular weight excluding hydrogens is 310 g/mol. The Labute approximate surface area is 128 Å². The molecule has 6 nitrogen and oxygen atoms in total. The molecule has 2 N–H and O–H groups in total. The summed E-state index contributed by atoms with van der Waals surface area (Å²) in [5.41, 5.74) is 0.563. The first-order valence-electron chi connectivity index (χ1n) is 6.59. The first-order valence-corrected chi connectivity index (χ1v) is 8.96. The van der Waals surface area contributed by atoms with E-state index in [1.165, 1.54) is 11.3 Å². The highest BCUT2D eigenvalue weighted by Crippen LogP contribution is 2.19. The SMILES string of the molecule is Cc1cc(CNS(=O)(=O)c2csc(CNC(C)C)c2)no1. The van der Waals surface area contributed by atoms with E-state index < -0.39 is 10.0 Å². The molecule has 2 aromatic rings. The summed E-state index contributed by atoms with van der Waals surface area (Å²) in [6, 6.07) is 3.76. The van der Waals surface area contributed by atoms with Gasteiger partial charge in [0, 0.05) is 28.9 Å². The second-order valence-electron chi connectivity index (χ2n) is 5.04. The van der Waals surface area contributed by atoms with Crippen molar-refractivity contribution in [1.29, 1.82) is 0 Å². The molecule has 0 radical (unpaired) electrons. The van der Waals surface area contributed by atoms with Crippen LogP contribution in [0, 0.1) is 6.92 Å². The highest BCUT2D eigenvalue weighted by Gasteiger charge is 2.16. The maximum atomic E-state index is 12.2. The third kappa shape index (κ3) is 4.63. The van der Waals surface area contributed by atoms with E-state index in [-0.39, 0.29) is 11.4 Å². The normalized spacial score (nSPS) is 12.2. The van der Waals surface area contributed by atoms with Gasteiger partial charge < -0.3 is 9.84 Å². The van der Waals surface area contributed by atoms with Crippen LogP contribution in [0.1, 0.15) is 30.2 Å². The lowest BCUT2D eigenvalue weighted by Crippen LogP contribution is -2.23. The zero-order valence-electron chi connectivity index (χ0n) is 12.2. The minimum atomic E-state index is -3.52. The van der Waals surface area contributed by atoms with Crippen LogP contribution in [-0.2, 0) is 23.1 Å². The molecule has 0 aliphatic heterocycles. The summed E-state index contributed by atoms with van der Waals surface area (Å²) >= 11 is 1.43. The van der Waals surface area contributed by atoms with Gasteiger partial charge in [-0.1, -0.05) is 19.0 Å². The van der Waals surface area contributed by atoms with Crippen molar-refractivity contribution in [2.45, 2.75) is 44.8 Å². The largest absolute Gasteiger partial charge is 0.361 e. The van der Waals surface area contributed by atoms with E-state index in [1.54, 1.807) is 24.4 Å². The van der Waals surface area contributed by atoms with E-state index in [0.717, 1.165) is 4.88 Å². The Morgan fingerprint density at radius 2 is 2.10 bits per heavy atom. The predicted octanol–water partition coefficient (Wildman–Crippen LogP) is 2.02. The minimum Gasteiger partial charge on any atom is -0.361 e. The van der Waals surface area contributed by atoms with Crippen molar-refractivity contribution in [2.75, 3.05) is 0 Å². The van der Waals surface area contributed by atoms with Crippen LogP contribution in [0.4, 0.5) is 0 Å². The van der Waals surface area contributed by atoms with Gasteiger partial charge in [0.2, 0.25) is 10.0 Å². The van der Waals surface area contributed by atoms with Crippen molar-refractivity contribution < 1.29 is 12.9 Å². The third-order valence-corrected chi connectivity index (χ3v) is 5.21. The summed E-state index contributed by atoms with van der Waals surface area (Å²) in [6.45, 7) is 6.65. The standard InChI is InChI=1S/C13H19N3O3S2/c1-9(2)14-7-12-5-13(8-20-12)21(17,18)15-6-11-4-10(3)19-16-11/h4-5,8-9,14-15H,6-7H2,1-3H3. The van der Waals surface area contributed by atoms with E-state index in [1.807, 2.05) is 13.8 Å². The molecule has 0 aromatic carbocycles. The summed E-state index contributed by atoms with van der Waals surface area (Å²) in [7, 11) is -3.52. The minimum absolute atomic E-state index is 0.120. The van der Waals surface area contributed by atoms with Gasteiger partial charge in [-0.15, -0.1) is 11.3 Å². The fourth-order valence-corrected chi connectivity index (χ4v) is 3.88. The lowest BCUT2D eigenvalue weighted by Gasteiger charge is -2.05. The maximum absolute atomic E-state index is 12.2. The fourth-order valence-electron chi connectivity index (χ4n) is 1.65. The number of aromatic nitrogens is 1. The molecule has 0 fully saturated rings. The molecule has 0 aliphatic rings. The van der Waals surface area contributed by atoms with Crippen LogP contribution in [0.15, 0.2) is 26.9 Å². The molecule has 8 heteroatoms. The molecule has 0 saturated heterocycles. The van der Waals surface area contributed by atoms with Crippen LogP contribution in [0.25, 0.3) is 0 Å². The molecule has 2 heterocycles. The number of hydrogen-bond acceptors (Lipinski definition) is 6. The highest BCUT2D eigenvalue weighted by atomic mass is 32.2. The molecule has 0 spiro atoms. The van der Waals surface area contributed by atoms with Crippen molar-refractivity contribution in [3.63, 3.8) is 0 Å². The smallest absolute Gasteiger partial charge is 0.241 e. The summed E-state index contributed by atoms with van der Waals surface area (Å²) in [4.78, 5) is 1.27. The monoisotopic (exact) mass is 329 g/mol. The van der Waals surface area contributed by atoms with Crippen molar-refractivity contribution in [2.24, 2.45) is 0 Å². The maximum Gasteiger partial charge on any atom is 0.241 e. The average molecular weight is 329 g/mol. The number of aryl methyl sites for hydroxylation is 1. The molecule has 116 valence electrons. The molecule has 0 saturated carbocycles. The number of rotatable bonds is 7. The van der Waals surface area contributed by atoms with Gasteiger partial charge >= 0.3 is 0 Å².